The smallest absolute Gasteiger partial charge is 0.141 e. The van der Waals surface area contributed by atoms with Gasteiger partial charge in [-0.3, -0.25) is 0 Å². The lowest BCUT2D eigenvalue weighted by molar-refractivity contribution is 0.00131. The highest BCUT2D eigenvalue weighted by Gasteiger charge is 2.33. The first kappa shape index (κ1) is 11.3. The normalized spacial score (nSPS) is 35.6. The summed E-state index contributed by atoms with van der Waals surface area (Å²) >= 11 is 0. The molecule has 0 bridgehead atoms. The zero-order valence-electron chi connectivity index (χ0n) is 9.04. The van der Waals surface area contributed by atoms with Gasteiger partial charge in [0.1, 0.15) is 6.17 Å². The summed E-state index contributed by atoms with van der Waals surface area (Å²) < 4.78 is 18.2. The molecule has 0 unspecified atom stereocenters. The molecule has 1 saturated heterocycles. The van der Waals surface area contributed by atoms with Gasteiger partial charge in [-0.25, -0.2) is 4.39 Å². The van der Waals surface area contributed by atoms with E-state index >= 15 is 0 Å². The summed E-state index contributed by atoms with van der Waals surface area (Å²) in [6.07, 6.45) is 4.13. The van der Waals surface area contributed by atoms with Gasteiger partial charge >= 0.3 is 0 Å². The highest BCUT2D eigenvalue weighted by Crippen LogP contribution is 2.27. The maximum atomic E-state index is 13.2. The third-order valence-corrected chi connectivity index (χ3v) is 3.49. The van der Waals surface area contributed by atoms with Crippen LogP contribution in [0.4, 0.5) is 4.39 Å². The van der Waals surface area contributed by atoms with Crippen LogP contribution in [0.5, 0.6) is 0 Å². The SMILES string of the molecule is OC1(CN[C@@H]2COC[C@H]2F)CCCCC1. The van der Waals surface area contributed by atoms with E-state index in [0.29, 0.717) is 13.2 Å². The van der Waals surface area contributed by atoms with Crippen molar-refractivity contribution < 1.29 is 14.2 Å². The van der Waals surface area contributed by atoms with E-state index in [-0.39, 0.29) is 12.6 Å². The molecule has 1 aliphatic carbocycles. The Bertz CT molecular complexity index is 207. The van der Waals surface area contributed by atoms with Crippen molar-refractivity contribution in [3.05, 3.63) is 0 Å². The highest BCUT2D eigenvalue weighted by atomic mass is 19.1. The van der Waals surface area contributed by atoms with E-state index in [0.717, 1.165) is 25.7 Å². The summed E-state index contributed by atoms with van der Waals surface area (Å²) in [5.74, 6) is 0. The average Bonchev–Trinajstić information content (AvgIpc) is 2.62. The molecule has 0 spiro atoms. The lowest BCUT2D eigenvalue weighted by Gasteiger charge is -2.33. The Kier molecular flexibility index (Phi) is 3.59. The molecule has 0 aromatic rings. The van der Waals surface area contributed by atoms with E-state index in [9.17, 15) is 9.50 Å². The van der Waals surface area contributed by atoms with E-state index in [2.05, 4.69) is 5.32 Å². The topological polar surface area (TPSA) is 41.5 Å². The fourth-order valence-electron chi connectivity index (χ4n) is 2.42. The van der Waals surface area contributed by atoms with E-state index in [4.69, 9.17) is 4.74 Å². The van der Waals surface area contributed by atoms with Crippen LogP contribution in [0.3, 0.4) is 0 Å². The number of halogens is 1. The molecule has 88 valence electrons. The number of alkyl halides is 1. The Labute approximate surface area is 90.0 Å². The summed E-state index contributed by atoms with van der Waals surface area (Å²) in [4.78, 5) is 0. The average molecular weight is 217 g/mol. The molecule has 0 radical (unpaired) electrons. The van der Waals surface area contributed by atoms with Gasteiger partial charge in [0.2, 0.25) is 0 Å². The third kappa shape index (κ3) is 2.89. The Morgan fingerprint density at radius 3 is 2.60 bits per heavy atom. The van der Waals surface area contributed by atoms with Crippen LogP contribution in [0.25, 0.3) is 0 Å². The molecule has 2 aliphatic rings. The first-order valence-corrected chi connectivity index (χ1v) is 5.87. The summed E-state index contributed by atoms with van der Waals surface area (Å²) in [6.45, 7) is 1.12. The van der Waals surface area contributed by atoms with Crippen molar-refractivity contribution >= 4 is 0 Å². The standard InChI is InChI=1S/C11H20FNO2/c12-9-6-15-7-10(9)13-8-11(14)4-2-1-3-5-11/h9-10,13-14H,1-8H2/t9-,10-/m1/s1. The number of ether oxygens (including phenoxy) is 1. The molecule has 2 atom stereocenters. The van der Waals surface area contributed by atoms with Gasteiger partial charge in [-0.05, 0) is 12.8 Å². The maximum Gasteiger partial charge on any atom is 0.141 e. The maximum absolute atomic E-state index is 13.2. The van der Waals surface area contributed by atoms with Gasteiger partial charge in [-0.1, -0.05) is 19.3 Å². The largest absolute Gasteiger partial charge is 0.389 e. The second-order valence-corrected chi connectivity index (χ2v) is 4.83. The Morgan fingerprint density at radius 1 is 1.27 bits per heavy atom. The molecule has 0 aromatic heterocycles. The first-order chi connectivity index (χ1) is 7.20. The Balaban J connectivity index is 1.76. The Morgan fingerprint density at radius 2 is 2.00 bits per heavy atom. The molecule has 2 N–H and O–H groups in total. The van der Waals surface area contributed by atoms with Crippen LogP contribution in [0.2, 0.25) is 0 Å². The van der Waals surface area contributed by atoms with Crippen molar-refractivity contribution in [1.82, 2.24) is 5.32 Å². The van der Waals surface area contributed by atoms with Crippen LogP contribution in [-0.2, 0) is 4.74 Å². The van der Waals surface area contributed by atoms with Crippen molar-refractivity contribution in [1.29, 1.82) is 0 Å². The van der Waals surface area contributed by atoms with Gasteiger partial charge < -0.3 is 15.2 Å². The number of aliphatic hydroxyl groups is 1. The van der Waals surface area contributed by atoms with Crippen molar-refractivity contribution in [2.24, 2.45) is 0 Å². The first-order valence-electron chi connectivity index (χ1n) is 5.87. The summed E-state index contributed by atoms with van der Waals surface area (Å²) in [5, 5.41) is 13.3. The third-order valence-electron chi connectivity index (χ3n) is 3.49. The number of rotatable bonds is 3. The minimum Gasteiger partial charge on any atom is -0.389 e. The summed E-state index contributed by atoms with van der Waals surface area (Å²) in [5.41, 5.74) is -0.611. The molecular weight excluding hydrogens is 197 g/mol. The fraction of sp³-hybridized carbons (Fsp3) is 1.00. The quantitative estimate of drug-likeness (QED) is 0.741. The molecule has 3 nitrogen and oxygen atoms in total. The number of nitrogens with one attached hydrogen (secondary N) is 1. The van der Waals surface area contributed by atoms with Crippen LogP contribution in [0.1, 0.15) is 32.1 Å². The van der Waals surface area contributed by atoms with Crippen LogP contribution >= 0.6 is 0 Å². The second kappa shape index (κ2) is 4.76. The number of hydrogen-bond donors (Lipinski definition) is 2. The zero-order valence-corrected chi connectivity index (χ0v) is 9.04. The summed E-state index contributed by atoms with van der Waals surface area (Å²) in [6, 6.07) is -0.226. The predicted octanol–water partition coefficient (Wildman–Crippen LogP) is 1.01. The second-order valence-electron chi connectivity index (χ2n) is 4.83. The molecule has 2 fully saturated rings. The van der Waals surface area contributed by atoms with Gasteiger partial charge in [-0.2, -0.15) is 0 Å². The molecule has 1 aliphatic heterocycles. The lowest BCUT2D eigenvalue weighted by Crippen LogP contribution is -2.48. The van der Waals surface area contributed by atoms with Gasteiger partial charge in [-0.15, -0.1) is 0 Å². The molecule has 1 saturated carbocycles. The van der Waals surface area contributed by atoms with Crippen LogP contribution < -0.4 is 5.32 Å². The molecule has 1 heterocycles. The zero-order chi connectivity index (χ0) is 10.7. The monoisotopic (exact) mass is 217 g/mol. The van der Waals surface area contributed by atoms with Crippen molar-refractivity contribution in [3.63, 3.8) is 0 Å². The van der Waals surface area contributed by atoms with E-state index in [1.165, 1.54) is 6.42 Å². The van der Waals surface area contributed by atoms with E-state index in [1.807, 2.05) is 0 Å². The van der Waals surface area contributed by atoms with Gasteiger partial charge in [0.25, 0.3) is 0 Å². The minimum atomic E-state index is -0.919. The van der Waals surface area contributed by atoms with Crippen LogP contribution in [0, 0.1) is 0 Å². The molecule has 15 heavy (non-hydrogen) atoms. The van der Waals surface area contributed by atoms with Crippen LogP contribution in [0.15, 0.2) is 0 Å². The van der Waals surface area contributed by atoms with Gasteiger partial charge in [0.05, 0.1) is 24.9 Å². The minimum absolute atomic E-state index is 0.191. The Hall–Kier alpha value is -0.190. The lowest BCUT2D eigenvalue weighted by atomic mass is 9.84. The highest BCUT2D eigenvalue weighted by molar-refractivity contribution is 4.88. The van der Waals surface area contributed by atoms with Gasteiger partial charge in [0.15, 0.2) is 0 Å². The van der Waals surface area contributed by atoms with Crippen molar-refractivity contribution in [2.45, 2.75) is 49.9 Å². The van der Waals surface area contributed by atoms with Crippen molar-refractivity contribution in [2.75, 3.05) is 19.8 Å². The molecular formula is C11H20FNO2. The molecule has 4 heteroatoms. The van der Waals surface area contributed by atoms with Crippen molar-refractivity contribution in [3.8, 4) is 0 Å². The molecule has 2 rings (SSSR count). The number of hydrogen-bond acceptors (Lipinski definition) is 3. The van der Waals surface area contributed by atoms with E-state index in [1.54, 1.807) is 0 Å². The summed E-state index contributed by atoms with van der Waals surface area (Å²) in [7, 11) is 0. The van der Waals surface area contributed by atoms with Crippen LogP contribution in [-0.4, -0.2) is 42.7 Å². The predicted molar refractivity (Wildman–Crippen MR) is 55.5 cm³/mol. The van der Waals surface area contributed by atoms with Gasteiger partial charge in [0, 0.05) is 6.54 Å². The fourth-order valence-corrected chi connectivity index (χ4v) is 2.42. The van der Waals surface area contributed by atoms with E-state index < -0.39 is 11.8 Å². The molecule has 0 aromatic carbocycles. The molecule has 0 amide bonds.